The van der Waals surface area contributed by atoms with E-state index < -0.39 is 12.0 Å². The van der Waals surface area contributed by atoms with Gasteiger partial charge < -0.3 is 14.6 Å². The summed E-state index contributed by atoms with van der Waals surface area (Å²) in [4.78, 5) is 12.4. The first-order valence-corrected chi connectivity index (χ1v) is 8.56. The molecular weight excluding hydrogens is 344 g/mol. The number of hydrazone groups is 1. The monoisotopic (exact) mass is 362 g/mol. The van der Waals surface area contributed by atoms with Gasteiger partial charge >= 0.3 is 0 Å². The third-order valence-electron chi connectivity index (χ3n) is 4.39. The predicted molar refractivity (Wildman–Crippen MR) is 102 cm³/mol. The summed E-state index contributed by atoms with van der Waals surface area (Å²) in [5, 5.41) is 16.0. The molecule has 0 saturated heterocycles. The van der Waals surface area contributed by atoms with Gasteiger partial charge in [0.1, 0.15) is 12.4 Å². The molecule has 1 amide bonds. The molecule has 6 heteroatoms. The van der Waals surface area contributed by atoms with E-state index in [4.69, 9.17) is 9.47 Å². The molecule has 0 unspecified atom stereocenters. The Morgan fingerprint density at radius 1 is 1.07 bits per heavy atom. The molecule has 0 aliphatic carbocycles. The van der Waals surface area contributed by atoms with E-state index >= 15 is 0 Å². The largest absolute Gasteiger partial charge is 0.507 e. The highest BCUT2D eigenvalue weighted by Crippen LogP contribution is 2.35. The number of aromatic hydroxyl groups is 1. The van der Waals surface area contributed by atoms with E-state index in [2.05, 4.69) is 10.5 Å². The van der Waals surface area contributed by atoms with Crippen LogP contribution in [0.15, 0.2) is 65.8 Å². The lowest BCUT2D eigenvalue weighted by Gasteiger charge is -2.25. The Kier molecular flexibility index (Phi) is 4.38. The van der Waals surface area contributed by atoms with Crippen molar-refractivity contribution in [2.45, 2.75) is 13.0 Å². The Labute approximate surface area is 156 Å². The molecule has 1 heterocycles. The molecule has 1 atom stereocenters. The zero-order valence-corrected chi connectivity index (χ0v) is 14.7. The molecule has 27 heavy (non-hydrogen) atoms. The fourth-order valence-electron chi connectivity index (χ4n) is 2.94. The first-order chi connectivity index (χ1) is 13.1. The predicted octanol–water partition coefficient (Wildman–Crippen LogP) is 3.23. The minimum absolute atomic E-state index is 0.0995. The van der Waals surface area contributed by atoms with Crippen molar-refractivity contribution in [3.8, 4) is 17.2 Å². The normalized spacial score (nSPS) is 16.2. The molecule has 0 saturated carbocycles. The summed E-state index contributed by atoms with van der Waals surface area (Å²) < 4.78 is 11.5. The standard InChI is InChI=1S/C21H18N2O4/c1-13(16-8-4-5-9-17(16)24)22-23-21(25)20-12-26-18-10-14-6-2-3-7-15(14)11-19(18)27-20/h2-11,20,24H,12H2,1H3,(H,23,25)/b22-13+/t20-/m0/s1. The minimum Gasteiger partial charge on any atom is -0.507 e. The van der Waals surface area contributed by atoms with Gasteiger partial charge in [-0.15, -0.1) is 0 Å². The molecule has 0 radical (unpaired) electrons. The van der Waals surface area contributed by atoms with Crippen LogP contribution in [0, 0.1) is 0 Å². The number of hydrogen-bond donors (Lipinski definition) is 2. The number of para-hydroxylation sites is 1. The summed E-state index contributed by atoms with van der Waals surface area (Å²) in [5.74, 6) is 0.836. The molecule has 0 fully saturated rings. The SMILES string of the molecule is C/C(=N\NC(=O)[C@@H]1COc2cc3ccccc3cc2O1)c1ccccc1O. The van der Waals surface area contributed by atoms with Gasteiger partial charge in [0.15, 0.2) is 11.5 Å². The van der Waals surface area contributed by atoms with Crippen molar-refractivity contribution in [2.24, 2.45) is 5.10 Å². The van der Waals surface area contributed by atoms with Crippen molar-refractivity contribution in [1.82, 2.24) is 5.43 Å². The lowest BCUT2D eigenvalue weighted by Crippen LogP contribution is -2.42. The smallest absolute Gasteiger partial charge is 0.284 e. The van der Waals surface area contributed by atoms with Crippen molar-refractivity contribution >= 4 is 22.4 Å². The van der Waals surface area contributed by atoms with E-state index in [1.54, 1.807) is 31.2 Å². The molecule has 4 rings (SSSR count). The van der Waals surface area contributed by atoms with E-state index in [-0.39, 0.29) is 12.4 Å². The number of amides is 1. The van der Waals surface area contributed by atoms with Crippen LogP contribution in [0.2, 0.25) is 0 Å². The van der Waals surface area contributed by atoms with Gasteiger partial charge in [0.25, 0.3) is 5.91 Å². The van der Waals surface area contributed by atoms with Gasteiger partial charge in [-0.2, -0.15) is 5.10 Å². The second-order valence-corrected chi connectivity index (χ2v) is 6.25. The zero-order chi connectivity index (χ0) is 18.8. The maximum atomic E-state index is 12.4. The molecule has 3 aromatic carbocycles. The van der Waals surface area contributed by atoms with Crippen LogP contribution in [0.1, 0.15) is 12.5 Å². The second-order valence-electron chi connectivity index (χ2n) is 6.25. The number of carbonyl (C=O) groups is 1. The Balaban J connectivity index is 1.48. The van der Waals surface area contributed by atoms with Gasteiger partial charge in [-0.3, -0.25) is 4.79 Å². The number of hydrogen-bond acceptors (Lipinski definition) is 5. The average molecular weight is 362 g/mol. The van der Waals surface area contributed by atoms with Gasteiger partial charge in [0.05, 0.1) is 5.71 Å². The molecule has 6 nitrogen and oxygen atoms in total. The van der Waals surface area contributed by atoms with Crippen LogP contribution in [0.5, 0.6) is 17.2 Å². The molecule has 0 spiro atoms. The van der Waals surface area contributed by atoms with E-state index in [1.165, 1.54) is 0 Å². The highest BCUT2D eigenvalue weighted by molar-refractivity contribution is 6.01. The van der Waals surface area contributed by atoms with Crippen molar-refractivity contribution in [3.63, 3.8) is 0 Å². The van der Waals surface area contributed by atoms with Crippen LogP contribution in [-0.4, -0.2) is 29.4 Å². The number of phenols is 1. The minimum atomic E-state index is -0.806. The number of nitrogens with zero attached hydrogens (tertiary/aromatic N) is 1. The fraction of sp³-hybridized carbons (Fsp3) is 0.143. The van der Waals surface area contributed by atoms with Crippen LogP contribution < -0.4 is 14.9 Å². The van der Waals surface area contributed by atoms with Gasteiger partial charge in [-0.1, -0.05) is 36.4 Å². The van der Waals surface area contributed by atoms with E-state index in [9.17, 15) is 9.90 Å². The highest BCUT2D eigenvalue weighted by atomic mass is 16.6. The molecule has 136 valence electrons. The third kappa shape index (κ3) is 3.42. The lowest BCUT2D eigenvalue weighted by molar-refractivity contribution is -0.130. The average Bonchev–Trinajstić information content (AvgIpc) is 2.70. The van der Waals surface area contributed by atoms with Crippen LogP contribution in [0.4, 0.5) is 0 Å². The third-order valence-corrected chi connectivity index (χ3v) is 4.39. The molecule has 3 aromatic rings. The summed E-state index contributed by atoms with van der Waals surface area (Å²) in [6, 6.07) is 18.4. The number of rotatable bonds is 3. The number of carbonyl (C=O) groups excluding carboxylic acids is 1. The van der Waals surface area contributed by atoms with E-state index in [0.717, 1.165) is 10.8 Å². The lowest BCUT2D eigenvalue weighted by atomic mass is 10.1. The van der Waals surface area contributed by atoms with E-state index in [1.807, 2.05) is 36.4 Å². The molecule has 0 aromatic heterocycles. The summed E-state index contributed by atoms with van der Waals surface area (Å²) in [7, 11) is 0. The highest BCUT2D eigenvalue weighted by Gasteiger charge is 2.27. The van der Waals surface area contributed by atoms with Gasteiger partial charge in [0.2, 0.25) is 6.10 Å². The van der Waals surface area contributed by atoms with Crippen LogP contribution in [0.25, 0.3) is 10.8 Å². The van der Waals surface area contributed by atoms with Crippen LogP contribution in [-0.2, 0) is 4.79 Å². The molecule has 1 aliphatic heterocycles. The molecule has 2 N–H and O–H groups in total. The Hall–Kier alpha value is -3.54. The first kappa shape index (κ1) is 16.9. The Bertz CT molecular complexity index is 1050. The number of nitrogens with one attached hydrogen (secondary N) is 1. The molecule has 0 bridgehead atoms. The summed E-state index contributed by atoms with van der Waals surface area (Å²) >= 11 is 0. The zero-order valence-electron chi connectivity index (χ0n) is 14.7. The van der Waals surface area contributed by atoms with Crippen molar-refractivity contribution in [3.05, 3.63) is 66.2 Å². The van der Waals surface area contributed by atoms with Gasteiger partial charge in [0, 0.05) is 5.56 Å². The van der Waals surface area contributed by atoms with Crippen LogP contribution in [0.3, 0.4) is 0 Å². The van der Waals surface area contributed by atoms with Crippen LogP contribution >= 0.6 is 0 Å². The first-order valence-electron chi connectivity index (χ1n) is 8.56. The topological polar surface area (TPSA) is 80.2 Å². The summed E-state index contributed by atoms with van der Waals surface area (Å²) in [6.07, 6.45) is -0.806. The quantitative estimate of drug-likeness (QED) is 0.554. The maximum Gasteiger partial charge on any atom is 0.284 e. The van der Waals surface area contributed by atoms with Crippen molar-refractivity contribution < 1.29 is 19.4 Å². The molecule has 1 aliphatic rings. The Morgan fingerprint density at radius 2 is 1.74 bits per heavy atom. The number of benzene rings is 3. The number of ether oxygens (including phenoxy) is 2. The Morgan fingerprint density at radius 3 is 2.48 bits per heavy atom. The van der Waals surface area contributed by atoms with Gasteiger partial charge in [-0.05, 0) is 42.0 Å². The van der Waals surface area contributed by atoms with Gasteiger partial charge in [-0.25, -0.2) is 5.43 Å². The molecular formula is C21H18N2O4. The van der Waals surface area contributed by atoms with Crippen molar-refractivity contribution in [2.75, 3.05) is 6.61 Å². The maximum absolute atomic E-state index is 12.4. The van der Waals surface area contributed by atoms with E-state index in [0.29, 0.717) is 22.8 Å². The number of phenolic OH excluding ortho intramolecular Hbond substituents is 1. The summed E-state index contributed by atoms with van der Waals surface area (Å²) in [5.41, 5.74) is 3.52. The summed E-state index contributed by atoms with van der Waals surface area (Å²) in [6.45, 7) is 1.80. The fourth-order valence-corrected chi connectivity index (χ4v) is 2.94. The number of fused-ring (bicyclic) bond motifs is 2. The van der Waals surface area contributed by atoms with Crippen molar-refractivity contribution in [1.29, 1.82) is 0 Å². The second kappa shape index (κ2) is 6.99.